The first-order chi connectivity index (χ1) is 11.0. The summed E-state index contributed by atoms with van der Waals surface area (Å²) in [7, 11) is 0. The molecule has 5 atom stereocenters. The maximum absolute atomic E-state index is 12.5. The summed E-state index contributed by atoms with van der Waals surface area (Å²) >= 11 is 0. The smallest absolute Gasteiger partial charge is 0.315 e. The van der Waals surface area contributed by atoms with E-state index in [9.17, 15) is 9.90 Å². The highest BCUT2D eigenvalue weighted by Crippen LogP contribution is 2.52. The molecule has 1 aromatic rings. The molecule has 1 saturated heterocycles. The van der Waals surface area contributed by atoms with Crippen molar-refractivity contribution in [3.63, 3.8) is 0 Å². The van der Waals surface area contributed by atoms with Crippen LogP contribution in [-0.4, -0.2) is 36.0 Å². The van der Waals surface area contributed by atoms with Gasteiger partial charge in [0.1, 0.15) is 0 Å². The lowest BCUT2D eigenvalue weighted by molar-refractivity contribution is -0.108. The molecule has 3 aliphatic rings. The number of amides is 2. The molecule has 1 heterocycles. The second-order valence-electron chi connectivity index (χ2n) is 7.61. The molecule has 0 spiro atoms. The van der Waals surface area contributed by atoms with Crippen molar-refractivity contribution in [2.24, 2.45) is 11.3 Å². The summed E-state index contributed by atoms with van der Waals surface area (Å²) in [6.07, 6.45) is 1.29. The molecular formula is C18H24N2O3. The number of urea groups is 1. The molecule has 0 radical (unpaired) electrons. The Morgan fingerprint density at radius 2 is 2.09 bits per heavy atom. The monoisotopic (exact) mass is 316 g/mol. The standard InChI is InChI=1S/C18H24N2O3/c1-18(2)15(12-7-8-23-16(12)18)20-17(22)19-14-11-6-4-3-5-10(11)9-13(14)21/h3-6,12-16,21H,7-9H2,1-2H3,(H2,19,20,22)/t12?,13-,14+,15?,16?/m1/s1. The molecule has 2 amide bonds. The lowest BCUT2D eigenvalue weighted by Gasteiger charge is -2.54. The van der Waals surface area contributed by atoms with E-state index in [-0.39, 0.29) is 29.6 Å². The highest BCUT2D eigenvalue weighted by Gasteiger charge is 2.59. The minimum Gasteiger partial charge on any atom is -0.390 e. The van der Waals surface area contributed by atoms with Crippen molar-refractivity contribution in [2.45, 2.75) is 51.0 Å². The van der Waals surface area contributed by atoms with E-state index < -0.39 is 6.10 Å². The number of carbonyl (C=O) groups is 1. The lowest BCUT2D eigenvalue weighted by Crippen LogP contribution is -2.67. The van der Waals surface area contributed by atoms with E-state index in [2.05, 4.69) is 24.5 Å². The minimum atomic E-state index is -0.560. The van der Waals surface area contributed by atoms with E-state index >= 15 is 0 Å². The summed E-state index contributed by atoms with van der Waals surface area (Å²) < 4.78 is 5.76. The van der Waals surface area contributed by atoms with Gasteiger partial charge in [0.05, 0.1) is 18.2 Å². The molecule has 124 valence electrons. The molecule has 1 aromatic carbocycles. The molecule has 1 aliphatic heterocycles. The Hall–Kier alpha value is -1.59. The van der Waals surface area contributed by atoms with Crippen molar-refractivity contribution >= 4 is 6.03 Å². The van der Waals surface area contributed by atoms with Crippen LogP contribution in [0.1, 0.15) is 37.4 Å². The second-order valence-corrected chi connectivity index (χ2v) is 7.61. The van der Waals surface area contributed by atoms with Crippen LogP contribution in [0.3, 0.4) is 0 Å². The Kier molecular flexibility index (Phi) is 3.39. The van der Waals surface area contributed by atoms with Crippen LogP contribution in [-0.2, 0) is 11.2 Å². The molecule has 23 heavy (non-hydrogen) atoms. The van der Waals surface area contributed by atoms with Gasteiger partial charge in [0.2, 0.25) is 0 Å². The van der Waals surface area contributed by atoms with Crippen LogP contribution in [0.5, 0.6) is 0 Å². The van der Waals surface area contributed by atoms with Crippen molar-refractivity contribution in [3.05, 3.63) is 35.4 Å². The van der Waals surface area contributed by atoms with Gasteiger partial charge in [-0.25, -0.2) is 4.79 Å². The fourth-order valence-corrected chi connectivity index (χ4v) is 4.69. The van der Waals surface area contributed by atoms with Crippen molar-refractivity contribution in [2.75, 3.05) is 6.61 Å². The van der Waals surface area contributed by atoms with Crippen LogP contribution < -0.4 is 10.6 Å². The zero-order valence-electron chi connectivity index (χ0n) is 13.6. The lowest BCUT2D eigenvalue weighted by atomic mass is 9.57. The Morgan fingerprint density at radius 1 is 1.30 bits per heavy atom. The second kappa shape index (κ2) is 5.21. The summed E-state index contributed by atoms with van der Waals surface area (Å²) in [5.41, 5.74) is 2.09. The van der Waals surface area contributed by atoms with Crippen LogP contribution in [0.25, 0.3) is 0 Å². The number of aliphatic hydroxyl groups is 1. The first-order valence-corrected chi connectivity index (χ1v) is 8.43. The van der Waals surface area contributed by atoms with Gasteiger partial charge in [-0.2, -0.15) is 0 Å². The predicted molar refractivity (Wildman–Crippen MR) is 86.0 cm³/mol. The molecule has 3 N–H and O–H groups in total. The molecule has 2 aliphatic carbocycles. The summed E-state index contributed by atoms with van der Waals surface area (Å²) in [5.74, 6) is 0.413. The van der Waals surface area contributed by atoms with E-state index in [4.69, 9.17) is 4.74 Å². The fraction of sp³-hybridized carbons (Fsp3) is 0.611. The van der Waals surface area contributed by atoms with Crippen LogP contribution in [0, 0.1) is 11.3 Å². The molecule has 4 rings (SSSR count). The Bertz CT molecular complexity index is 630. The van der Waals surface area contributed by atoms with E-state index in [1.54, 1.807) is 0 Å². The maximum Gasteiger partial charge on any atom is 0.315 e. The summed E-state index contributed by atoms with van der Waals surface area (Å²) in [6.45, 7) is 5.07. The molecular weight excluding hydrogens is 292 g/mol. The Morgan fingerprint density at radius 3 is 2.91 bits per heavy atom. The molecule has 2 fully saturated rings. The van der Waals surface area contributed by atoms with E-state index in [0.29, 0.717) is 12.3 Å². The molecule has 3 unspecified atom stereocenters. The third-order valence-electron chi connectivity index (χ3n) is 5.88. The van der Waals surface area contributed by atoms with Crippen molar-refractivity contribution in [3.8, 4) is 0 Å². The zero-order valence-corrected chi connectivity index (χ0v) is 13.6. The van der Waals surface area contributed by atoms with Gasteiger partial charge in [0.25, 0.3) is 0 Å². The molecule has 5 nitrogen and oxygen atoms in total. The van der Waals surface area contributed by atoms with Gasteiger partial charge in [-0.15, -0.1) is 0 Å². The summed E-state index contributed by atoms with van der Waals surface area (Å²) in [6, 6.07) is 7.49. The minimum absolute atomic E-state index is 0.0370. The van der Waals surface area contributed by atoms with Crippen LogP contribution in [0.15, 0.2) is 24.3 Å². The van der Waals surface area contributed by atoms with Crippen LogP contribution in [0.2, 0.25) is 0 Å². The topological polar surface area (TPSA) is 70.6 Å². The Labute approximate surface area is 136 Å². The summed E-state index contributed by atoms with van der Waals surface area (Å²) in [4.78, 5) is 12.5. The number of aliphatic hydroxyl groups excluding tert-OH is 1. The molecule has 5 heteroatoms. The number of fused-ring (bicyclic) bond motifs is 2. The fourth-order valence-electron chi connectivity index (χ4n) is 4.69. The number of ether oxygens (including phenoxy) is 1. The van der Waals surface area contributed by atoms with Gasteiger partial charge < -0.3 is 20.5 Å². The average Bonchev–Trinajstić information content (AvgIpc) is 3.09. The van der Waals surface area contributed by atoms with Crippen LogP contribution >= 0.6 is 0 Å². The number of rotatable bonds is 2. The largest absolute Gasteiger partial charge is 0.390 e. The van der Waals surface area contributed by atoms with E-state index in [0.717, 1.165) is 24.2 Å². The highest BCUT2D eigenvalue weighted by atomic mass is 16.5. The van der Waals surface area contributed by atoms with Gasteiger partial charge in [-0.05, 0) is 17.5 Å². The number of hydrogen-bond acceptors (Lipinski definition) is 3. The first-order valence-electron chi connectivity index (χ1n) is 8.43. The SMILES string of the molecule is CC1(C)C(NC(=O)N[C@H]2c3ccccc3C[C@H]2O)C2CCOC21. The third kappa shape index (κ3) is 2.25. The normalized spacial score (nSPS) is 36.7. The van der Waals surface area contributed by atoms with Gasteiger partial charge in [0.15, 0.2) is 0 Å². The first kappa shape index (κ1) is 15.0. The molecule has 1 saturated carbocycles. The average molecular weight is 316 g/mol. The molecule has 0 bridgehead atoms. The number of carbonyl (C=O) groups excluding carboxylic acids is 1. The molecule has 0 aromatic heterocycles. The third-order valence-corrected chi connectivity index (χ3v) is 5.88. The number of hydrogen-bond donors (Lipinski definition) is 3. The predicted octanol–water partition coefficient (Wildman–Crippen LogP) is 1.76. The quantitative estimate of drug-likeness (QED) is 0.778. The maximum atomic E-state index is 12.5. The van der Waals surface area contributed by atoms with E-state index in [1.165, 1.54) is 0 Å². The highest BCUT2D eigenvalue weighted by molar-refractivity contribution is 5.75. The summed E-state index contributed by atoms with van der Waals surface area (Å²) in [5, 5.41) is 16.3. The van der Waals surface area contributed by atoms with E-state index in [1.807, 2.05) is 24.3 Å². The Balaban J connectivity index is 1.43. The van der Waals surface area contributed by atoms with Gasteiger partial charge in [-0.3, -0.25) is 0 Å². The van der Waals surface area contributed by atoms with Crippen molar-refractivity contribution in [1.29, 1.82) is 0 Å². The van der Waals surface area contributed by atoms with Crippen LogP contribution in [0.4, 0.5) is 4.79 Å². The zero-order chi connectivity index (χ0) is 16.2. The number of benzene rings is 1. The number of nitrogens with one attached hydrogen (secondary N) is 2. The van der Waals surface area contributed by atoms with Gasteiger partial charge in [0, 0.05) is 30.4 Å². The van der Waals surface area contributed by atoms with Crippen molar-refractivity contribution in [1.82, 2.24) is 10.6 Å². The van der Waals surface area contributed by atoms with Crippen molar-refractivity contribution < 1.29 is 14.6 Å². The van der Waals surface area contributed by atoms with Gasteiger partial charge in [-0.1, -0.05) is 38.1 Å². The van der Waals surface area contributed by atoms with Gasteiger partial charge >= 0.3 is 6.03 Å².